The molecule has 2 heteroatoms. The van der Waals surface area contributed by atoms with E-state index in [-0.39, 0.29) is 11.2 Å². The highest BCUT2D eigenvalue weighted by atomic mass is 16.5. The highest BCUT2D eigenvalue weighted by Crippen LogP contribution is 2.37. The molecule has 3 rings (SSSR count). The van der Waals surface area contributed by atoms with Gasteiger partial charge in [-0.3, -0.25) is 0 Å². The number of hydrogen-bond donors (Lipinski definition) is 1. The smallest absolute Gasteiger partial charge is 0.0894 e. The third-order valence-electron chi connectivity index (χ3n) is 3.63. The molecule has 0 unspecified atom stereocenters. The Bertz CT molecular complexity index is 386. The van der Waals surface area contributed by atoms with E-state index in [2.05, 4.69) is 43.4 Å². The molecule has 1 saturated heterocycles. The molecule has 1 aromatic carbocycles. The van der Waals surface area contributed by atoms with Crippen molar-refractivity contribution in [3.63, 3.8) is 0 Å². The van der Waals surface area contributed by atoms with Gasteiger partial charge in [0.2, 0.25) is 0 Å². The molecule has 0 saturated carbocycles. The Morgan fingerprint density at radius 1 is 1.06 bits per heavy atom. The van der Waals surface area contributed by atoms with Gasteiger partial charge in [0, 0.05) is 25.9 Å². The van der Waals surface area contributed by atoms with E-state index in [1.165, 1.54) is 11.1 Å². The topological polar surface area (TPSA) is 21.3 Å². The first kappa shape index (κ1) is 10.3. The van der Waals surface area contributed by atoms with Gasteiger partial charge >= 0.3 is 0 Å². The van der Waals surface area contributed by atoms with Crippen molar-refractivity contribution in [1.29, 1.82) is 0 Å². The molecule has 1 fully saturated rings. The molecule has 2 nitrogen and oxygen atoms in total. The predicted molar refractivity (Wildman–Crippen MR) is 64.6 cm³/mol. The lowest BCUT2D eigenvalue weighted by Crippen LogP contribution is -2.58. The van der Waals surface area contributed by atoms with Crippen molar-refractivity contribution < 1.29 is 4.74 Å². The molecular formula is C14H19NO. The minimum Gasteiger partial charge on any atom is -0.366 e. The molecule has 16 heavy (non-hydrogen) atoms. The molecule has 1 spiro atoms. The monoisotopic (exact) mass is 217 g/mol. The summed E-state index contributed by atoms with van der Waals surface area (Å²) >= 11 is 0. The normalized spacial score (nSPS) is 25.6. The summed E-state index contributed by atoms with van der Waals surface area (Å²) in [6.45, 7) is 6.27. The Morgan fingerprint density at radius 2 is 1.69 bits per heavy atom. The first-order valence-electron chi connectivity index (χ1n) is 6.06. The van der Waals surface area contributed by atoms with Crippen molar-refractivity contribution in [1.82, 2.24) is 5.32 Å². The summed E-state index contributed by atoms with van der Waals surface area (Å²) in [5.41, 5.74) is 2.88. The summed E-state index contributed by atoms with van der Waals surface area (Å²) in [4.78, 5) is 0. The van der Waals surface area contributed by atoms with Crippen molar-refractivity contribution >= 4 is 0 Å². The van der Waals surface area contributed by atoms with Crippen LogP contribution < -0.4 is 5.32 Å². The van der Waals surface area contributed by atoms with Crippen LogP contribution in [0.1, 0.15) is 25.0 Å². The second-order valence-electron chi connectivity index (χ2n) is 5.77. The van der Waals surface area contributed by atoms with Crippen LogP contribution in [-0.4, -0.2) is 24.3 Å². The maximum atomic E-state index is 6.34. The lowest BCUT2D eigenvalue weighted by Gasteiger charge is -2.44. The van der Waals surface area contributed by atoms with E-state index >= 15 is 0 Å². The van der Waals surface area contributed by atoms with Crippen LogP contribution in [-0.2, 0) is 17.6 Å². The fourth-order valence-corrected chi connectivity index (χ4v) is 3.11. The SMILES string of the molecule is CC1(C)CNCC2(Cc3ccccc3C2)O1. The lowest BCUT2D eigenvalue weighted by atomic mass is 9.94. The number of nitrogens with one attached hydrogen (secondary N) is 1. The molecule has 1 aromatic rings. The number of morpholine rings is 1. The number of hydrogen-bond acceptors (Lipinski definition) is 2. The van der Waals surface area contributed by atoms with Crippen molar-refractivity contribution in [2.24, 2.45) is 0 Å². The van der Waals surface area contributed by atoms with Crippen molar-refractivity contribution in [2.45, 2.75) is 37.9 Å². The third-order valence-corrected chi connectivity index (χ3v) is 3.63. The summed E-state index contributed by atoms with van der Waals surface area (Å²) in [7, 11) is 0. The van der Waals surface area contributed by atoms with Crippen molar-refractivity contribution in [3.8, 4) is 0 Å². The summed E-state index contributed by atoms with van der Waals surface area (Å²) in [5.74, 6) is 0. The molecule has 1 heterocycles. The van der Waals surface area contributed by atoms with Crippen molar-refractivity contribution in [3.05, 3.63) is 35.4 Å². The third kappa shape index (κ3) is 1.66. The Kier molecular flexibility index (Phi) is 2.13. The van der Waals surface area contributed by atoms with Gasteiger partial charge in [0.25, 0.3) is 0 Å². The summed E-state index contributed by atoms with van der Waals surface area (Å²) < 4.78 is 6.34. The van der Waals surface area contributed by atoms with Gasteiger partial charge in [0.15, 0.2) is 0 Å². The number of ether oxygens (including phenoxy) is 1. The zero-order valence-corrected chi connectivity index (χ0v) is 10.0. The van der Waals surface area contributed by atoms with Crippen LogP contribution in [0, 0.1) is 0 Å². The minimum absolute atomic E-state index is 0.00539. The van der Waals surface area contributed by atoms with E-state index < -0.39 is 0 Å². The largest absolute Gasteiger partial charge is 0.366 e. The summed E-state index contributed by atoms with van der Waals surface area (Å²) in [5, 5.41) is 3.52. The Balaban J connectivity index is 1.88. The molecule has 86 valence electrons. The van der Waals surface area contributed by atoms with E-state index in [4.69, 9.17) is 4.74 Å². The molecule has 0 aromatic heterocycles. The maximum Gasteiger partial charge on any atom is 0.0894 e. The van der Waals surface area contributed by atoms with Gasteiger partial charge in [-0.2, -0.15) is 0 Å². The fourth-order valence-electron chi connectivity index (χ4n) is 3.11. The second kappa shape index (κ2) is 3.31. The van der Waals surface area contributed by atoms with Gasteiger partial charge in [-0.1, -0.05) is 24.3 Å². The van der Waals surface area contributed by atoms with Crippen LogP contribution in [0.3, 0.4) is 0 Å². The van der Waals surface area contributed by atoms with Gasteiger partial charge in [-0.25, -0.2) is 0 Å². The van der Waals surface area contributed by atoms with Crippen LogP contribution in [0.5, 0.6) is 0 Å². The van der Waals surface area contributed by atoms with Gasteiger partial charge in [-0.05, 0) is 25.0 Å². The van der Waals surface area contributed by atoms with E-state index in [0.717, 1.165) is 25.9 Å². The Morgan fingerprint density at radius 3 is 2.25 bits per heavy atom. The quantitative estimate of drug-likeness (QED) is 0.717. The molecular weight excluding hydrogens is 198 g/mol. The van der Waals surface area contributed by atoms with Gasteiger partial charge in [0.05, 0.1) is 11.2 Å². The molecule has 0 radical (unpaired) electrons. The average molecular weight is 217 g/mol. The van der Waals surface area contributed by atoms with Crippen LogP contribution in [0.25, 0.3) is 0 Å². The fraction of sp³-hybridized carbons (Fsp3) is 0.571. The van der Waals surface area contributed by atoms with E-state index in [1.807, 2.05) is 0 Å². The summed E-state index contributed by atoms with van der Waals surface area (Å²) in [6.07, 6.45) is 2.11. The molecule has 2 aliphatic rings. The molecule has 0 bridgehead atoms. The molecule has 1 N–H and O–H groups in total. The summed E-state index contributed by atoms with van der Waals surface area (Å²) in [6, 6.07) is 8.71. The van der Waals surface area contributed by atoms with Crippen LogP contribution in [0.4, 0.5) is 0 Å². The van der Waals surface area contributed by atoms with Crippen LogP contribution in [0.15, 0.2) is 24.3 Å². The van der Waals surface area contributed by atoms with E-state index in [0.29, 0.717) is 0 Å². The number of benzene rings is 1. The van der Waals surface area contributed by atoms with E-state index in [1.54, 1.807) is 0 Å². The number of rotatable bonds is 0. The first-order valence-corrected chi connectivity index (χ1v) is 6.06. The van der Waals surface area contributed by atoms with Crippen LogP contribution >= 0.6 is 0 Å². The Hall–Kier alpha value is -0.860. The zero-order valence-electron chi connectivity index (χ0n) is 10.0. The highest BCUT2D eigenvalue weighted by Gasteiger charge is 2.44. The first-order chi connectivity index (χ1) is 7.59. The molecule has 0 atom stereocenters. The number of fused-ring (bicyclic) bond motifs is 1. The maximum absolute atomic E-state index is 6.34. The average Bonchev–Trinajstić information content (AvgIpc) is 2.52. The zero-order chi connectivity index (χ0) is 11.2. The Labute approximate surface area is 97.0 Å². The van der Waals surface area contributed by atoms with Crippen molar-refractivity contribution in [2.75, 3.05) is 13.1 Å². The highest BCUT2D eigenvalue weighted by molar-refractivity contribution is 5.36. The molecule has 1 aliphatic heterocycles. The standard InChI is InChI=1S/C14H19NO/c1-13(2)9-15-10-14(16-13)7-11-5-3-4-6-12(11)8-14/h3-6,15H,7-10H2,1-2H3. The second-order valence-corrected chi connectivity index (χ2v) is 5.77. The van der Waals surface area contributed by atoms with Crippen LogP contribution in [0.2, 0.25) is 0 Å². The molecule has 1 aliphatic carbocycles. The van der Waals surface area contributed by atoms with Gasteiger partial charge in [-0.15, -0.1) is 0 Å². The van der Waals surface area contributed by atoms with Gasteiger partial charge < -0.3 is 10.1 Å². The molecule has 0 amide bonds. The van der Waals surface area contributed by atoms with Gasteiger partial charge in [0.1, 0.15) is 0 Å². The predicted octanol–water partition coefficient (Wildman–Crippen LogP) is 1.92. The lowest BCUT2D eigenvalue weighted by molar-refractivity contribution is -0.156. The van der Waals surface area contributed by atoms with E-state index in [9.17, 15) is 0 Å². The minimum atomic E-state index is -0.0414.